The predicted octanol–water partition coefficient (Wildman–Crippen LogP) is 2.30. The minimum absolute atomic E-state index is 0.521. The lowest BCUT2D eigenvalue weighted by Gasteiger charge is -2.15. The number of ether oxygens (including phenoxy) is 1. The quantitative estimate of drug-likeness (QED) is 0.786. The Balaban J connectivity index is 1.72. The fraction of sp³-hybridized carbons (Fsp3) is 0.643. The first-order chi connectivity index (χ1) is 8.24. The van der Waals surface area contributed by atoms with Gasteiger partial charge in [0.15, 0.2) is 0 Å². The Morgan fingerprint density at radius 1 is 1.41 bits per heavy atom. The summed E-state index contributed by atoms with van der Waals surface area (Å²) < 4.78 is 5.16. The molecule has 1 aliphatic carbocycles. The average molecular weight is 234 g/mol. The Kier molecular flexibility index (Phi) is 4.13. The lowest BCUT2D eigenvalue weighted by atomic mass is 10.0. The molecule has 1 aromatic rings. The number of hydrogen-bond acceptors (Lipinski definition) is 3. The second kappa shape index (κ2) is 5.61. The first kappa shape index (κ1) is 12.5. The summed E-state index contributed by atoms with van der Waals surface area (Å²) in [4.78, 5) is 4.20. The third-order valence-corrected chi connectivity index (χ3v) is 3.55. The highest BCUT2D eigenvalue weighted by Gasteiger charge is 2.41. The van der Waals surface area contributed by atoms with Gasteiger partial charge < -0.3 is 10.1 Å². The second-order valence-electron chi connectivity index (χ2n) is 5.22. The maximum atomic E-state index is 5.16. The Hall–Kier alpha value is -0.930. The summed E-state index contributed by atoms with van der Waals surface area (Å²) in [6.45, 7) is 4.98. The van der Waals surface area contributed by atoms with Crippen molar-refractivity contribution in [3.63, 3.8) is 0 Å². The summed E-state index contributed by atoms with van der Waals surface area (Å²) in [5.41, 5.74) is 3.02. The molecule has 0 amide bonds. The first-order valence-electron chi connectivity index (χ1n) is 6.34. The molecule has 0 spiro atoms. The van der Waals surface area contributed by atoms with Crippen molar-refractivity contribution in [1.29, 1.82) is 0 Å². The Labute approximate surface area is 104 Å². The van der Waals surface area contributed by atoms with Crippen molar-refractivity contribution in [2.24, 2.45) is 5.41 Å². The van der Waals surface area contributed by atoms with Crippen LogP contribution in [0.25, 0.3) is 0 Å². The first-order valence-corrected chi connectivity index (χ1v) is 6.34. The van der Waals surface area contributed by atoms with E-state index in [1.807, 2.05) is 12.4 Å². The van der Waals surface area contributed by atoms with Crippen molar-refractivity contribution in [3.05, 3.63) is 29.6 Å². The van der Waals surface area contributed by atoms with Crippen molar-refractivity contribution in [3.8, 4) is 0 Å². The molecule has 0 unspecified atom stereocenters. The van der Waals surface area contributed by atoms with Gasteiger partial charge in [0.2, 0.25) is 0 Å². The van der Waals surface area contributed by atoms with Crippen LogP contribution in [-0.4, -0.2) is 25.2 Å². The van der Waals surface area contributed by atoms with E-state index in [4.69, 9.17) is 4.74 Å². The van der Waals surface area contributed by atoms with Crippen LogP contribution in [0.15, 0.2) is 18.5 Å². The highest BCUT2D eigenvalue weighted by molar-refractivity contribution is 5.16. The van der Waals surface area contributed by atoms with Gasteiger partial charge in [-0.3, -0.25) is 4.98 Å². The summed E-state index contributed by atoms with van der Waals surface area (Å²) in [5, 5.41) is 3.55. The monoisotopic (exact) mass is 234 g/mol. The van der Waals surface area contributed by atoms with Crippen molar-refractivity contribution >= 4 is 0 Å². The Morgan fingerprint density at radius 2 is 2.24 bits per heavy atom. The van der Waals surface area contributed by atoms with Crippen LogP contribution in [0.2, 0.25) is 0 Å². The van der Waals surface area contributed by atoms with Gasteiger partial charge in [-0.25, -0.2) is 0 Å². The maximum absolute atomic E-state index is 5.16. The third kappa shape index (κ3) is 3.79. The number of nitrogens with zero attached hydrogens (tertiary/aromatic N) is 1. The molecule has 0 radical (unpaired) electrons. The number of methoxy groups -OCH3 is 1. The molecule has 0 atom stereocenters. The normalized spacial score (nSPS) is 17.1. The molecule has 1 aliphatic rings. The molecule has 1 fully saturated rings. The SMILES string of the molecule is COCCC1(CNCc2cncc(C)c2)CC1. The summed E-state index contributed by atoms with van der Waals surface area (Å²) in [5.74, 6) is 0. The van der Waals surface area contributed by atoms with E-state index in [-0.39, 0.29) is 0 Å². The van der Waals surface area contributed by atoms with Crippen LogP contribution in [0, 0.1) is 12.3 Å². The number of rotatable bonds is 7. The molecule has 0 aliphatic heterocycles. The predicted molar refractivity (Wildman–Crippen MR) is 68.8 cm³/mol. The third-order valence-electron chi connectivity index (χ3n) is 3.55. The lowest BCUT2D eigenvalue weighted by molar-refractivity contribution is 0.171. The second-order valence-corrected chi connectivity index (χ2v) is 5.22. The van der Waals surface area contributed by atoms with Gasteiger partial charge in [0.25, 0.3) is 0 Å². The minimum atomic E-state index is 0.521. The molecule has 3 nitrogen and oxygen atoms in total. The molecule has 0 saturated heterocycles. The van der Waals surface area contributed by atoms with Crippen molar-refractivity contribution in [2.45, 2.75) is 32.7 Å². The standard InChI is InChI=1S/C14H22N2O/c1-12-7-13(9-15-8-12)10-16-11-14(3-4-14)5-6-17-2/h7-9,16H,3-6,10-11H2,1-2H3. The Bertz CT molecular complexity index is 361. The van der Waals surface area contributed by atoms with E-state index >= 15 is 0 Å². The lowest BCUT2D eigenvalue weighted by Crippen LogP contribution is -2.24. The van der Waals surface area contributed by atoms with Gasteiger partial charge in [-0.15, -0.1) is 0 Å². The van der Waals surface area contributed by atoms with E-state index < -0.39 is 0 Å². The van der Waals surface area contributed by atoms with Crippen LogP contribution in [0.4, 0.5) is 0 Å². The summed E-state index contributed by atoms with van der Waals surface area (Å²) in [6.07, 6.45) is 7.70. The number of nitrogens with one attached hydrogen (secondary N) is 1. The van der Waals surface area contributed by atoms with Gasteiger partial charge in [-0.05, 0) is 42.7 Å². The zero-order chi connectivity index (χ0) is 12.1. The topological polar surface area (TPSA) is 34.1 Å². The highest BCUT2D eigenvalue weighted by atomic mass is 16.5. The minimum Gasteiger partial charge on any atom is -0.385 e. The van der Waals surface area contributed by atoms with Gasteiger partial charge >= 0.3 is 0 Å². The van der Waals surface area contributed by atoms with Crippen LogP contribution in [0.3, 0.4) is 0 Å². The smallest absolute Gasteiger partial charge is 0.0468 e. The molecule has 17 heavy (non-hydrogen) atoms. The van der Waals surface area contributed by atoms with E-state index in [9.17, 15) is 0 Å². The molecule has 0 bridgehead atoms. The van der Waals surface area contributed by atoms with Gasteiger partial charge in [0.05, 0.1) is 0 Å². The van der Waals surface area contributed by atoms with Gasteiger partial charge in [-0.2, -0.15) is 0 Å². The molecule has 1 heterocycles. The largest absolute Gasteiger partial charge is 0.385 e. The molecular formula is C14H22N2O. The highest BCUT2D eigenvalue weighted by Crippen LogP contribution is 2.48. The van der Waals surface area contributed by atoms with Crippen LogP contribution in [0.5, 0.6) is 0 Å². The zero-order valence-electron chi connectivity index (χ0n) is 10.8. The van der Waals surface area contributed by atoms with Crippen LogP contribution in [0.1, 0.15) is 30.4 Å². The van der Waals surface area contributed by atoms with E-state index in [0.717, 1.165) is 19.7 Å². The maximum Gasteiger partial charge on any atom is 0.0468 e. The number of pyridine rings is 1. The van der Waals surface area contributed by atoms with E-state index in [1.54, 1.807) is 7.11 Å². The van der Waals surface area contributed by atoms with Gasteiger partial charge in [0.1, 0.15) is 0 Å². The van der Waals surface area contributed by atoms with Gasteiger partial charge in [-0.1, -0.05) is 6.07 Å². The molecule has 0 aromatic carbocycles. The number of hydrogen-bond donors (Lipinski definition) is 1. The molecule has 1 N–H and O–H groups in total. The summed E-state index contributed by atoms with van der Waals surface area (Å²) >= 11 is 0. The molecule has 1 aromatic heterocycles. The molecular weight excluding hydrogens is 212 g/mol. The van der Waals surface area contributed by atoms with Crippen molar-refractivity contribution in [2.75, 3.05) is 20.3 Å². The zero-order valence-corrected chi connectivity index (χ0v) is 10.8. The van der Waals surface area contributed by atoms with E-state index in [0.29, 0.717) is 5.41 Å². The van der Waals surface area contributed by atoms with E-state index in [1.165, 1.54) is 30.4 Å². The average Bonchev–Trinajstić information content (AvgIpc) is 3.07. The summed E-state index contributed by atoms with van der Waals surface area (Å²) in [6, 6.07) is 2.19. The van der Waals surface area contributed by atoms with Gasteiger partial charge in [0, 0.05) is 39.2 Å². The van der Waals surface area contributed by atoms with Crippen molar-refractivity contribution in [1.82, 2.24) is 10.3 Å². The fourth-order valence-electron chi connectivity index (χ4n) is 2.20. The number of aryl methyl sites for hydroxylation is 1. The van der Waals surface area contributed by atoms with Crippen LogP contribution < -0.4 is 5.32 Å². The van der Waals surface area contributed by atoms with E-state index in [2.05, 4.69) is 23.3 Å². The molecule has 1 saturated carbocycles. The molecule has 2 rings (SSSR count). The van der Waals surface area contributed by atoms with Crippen LogP contribution in [-0.2, 0) is 11.3 Å². The fourth-order valence-corrected chi connectivity index (χ4v) is 2.20. The molecule has 94 valence electrons. The Morgan fingerprint density at radius 3 is 2.88 bits per heavy atom. The summed E-state index contributed by atoms with van der Waals surface area (Å²) in [7, 11) is 1.78. The van der Waals surface area contributed by atoms with Crippen molar-refractivity contribution < 1.29 is 4.74 Å². The van der Waals surface area contributed by atoms with Crippen LogP contribution >= 0.6 is 0 Å². The number of aromatic nitrogens is 1. The molecule has 3 heteroatoms.